The number of ether oxygens (including phenoxy) is 1. The average molecular weight is 337 g/mol. The minimum absolute atomic E-state index is 0.198. The number of nitrogens with two attached hydrogens (primary N) is 1. The molecule has 0 fully saturated rings. The van der Waals surface area contributed by atoms with Crippen molar-refractivity contribution >= 4 is 11.0 Å². The van der Waals surface area contributed by atoms with Crippen LogP contribution in [0.5, 0.6) is 5.75 Å². The van der Waals surface area contributed by atoms with Crippen molar-refractivity contribution in [2.45, 2.75) is 32.1 Å². The van der Waals surface area contributed by atoms with Gasteiger partial charge in [-0.15, -0.1) is 0 Å². The van der Waals surface area contributed by atoms with E-state index in [1.807, 2.05) is 24.3 Å². The average Bonchev–Trinajstić information content (AvgIpc) is 2.98. The molecule has 3 aromatic rings. The Morgan fingerprint density at radius 3 is 2.56 bits per heavy atom. The molecule has 132 valence electrons. The zero-order chi connectivity index (χ0) is 17.6. The van der Waals surface area contributed by atoms with E-state index >= 15 is 0 Å². The summed E-state index contributed by atoms with van der Waals surface area (Å²) in [4.78, 5) is 4.81. The molecule has 3 rings (SSSR count). The van der Waals surface area contributed by atoms with Crippen LogP contribution < -0.4 is 10.5 Å². The van der Waals surface area contributed by atoms with E-state index in [1.54, 1.807) is 0 Å². The molecule has 0 saturated heterocycles. The number of imidazole rings is 1. The molecule has 0 aliphatic rings. The Bertz CT molecular complexity index is 808. The quantitative estimate of drug-likeness (QED) is 0.631. The molecule has 2 aromatic carbocycles. The highest BCUT2D eigenvalue weighted by atomic mass is 16.5. The standard InChI is InChI=1S/C21H27N3O/c1-3-4-13-25-18-11-9-16(10-12-18)14-17(15-22)21-23-19-7-5-6-8-20(19)24(21)2/h5-12,17H,3-4,13-15,22H2,1-2H3. The third kappa shape index (κ3) is 4.02. The lowest BCUT2D eigenvalue weighted by molar-refractivity contribution is 0.309. The van der Waals surface area contributed by atoms with E-state index < -0.39 is 0 Å². The molecule has 0 aliphatic heterocycles. The molecule has 0 saturated carbocycles. The Balaban J connectivity index is 1.74. The van der Waals surface area contributed by atoms with E-state index in [4.69, 9.17) is 15.5 Å². The van der Waals surface area contributed by atoms with Crippen molar-refractivity contribution in [2.24, 2.45) is 12.8 Å². The maximum atomic E-state index is 6.08. The van der Waals surface area contributed by atoms with E-state index in [0.717, 1.165) is 48.5 Å². The van der Waals surface area contributed by atoms with Crippen LogP contribution in [0.1, 0.15) is 37.1 Å². The first kappa shape index (κ1) is 17.5. The van der Waals surface area contributed by atoms with Gasteiger partial charge in [-0.05, 0) is 42.7 Å². The smallest absolute Gasteiger partial charge is 0.119 e. The van der Waals surface area contributed by atoms with Gasteiger partial charge in [0.1, 0.15) is 11.6 Å². The zero-order valence-corrected chi connectivity index (χ0v) is 15.1. The fraction of sp³-hybridized carbons (Fsp3) is 0.381. The number of fused-ring (bicyclic) bond motifs is 1. The van der Waals surface area contributed by atoms with E-state index in [0.29, 0.717) is 6.54 Å². The number of nitrogens with zero attached hydrogens (tertiary/aromatic N) is 2. The molecule has 0 spiro atoms. The SMILES string of the molecule is CCCCOc1ccc(CC(CN)c2nc3ccccc3n2C)cc1. The summed E-state index contributed by atoms with van der Waals surface area (Å²) in [6, 6.07) is 16.6. The predicted molar refractivity (Wildman–Crippen MR) is 103 cm³/mol. The van der Waals surface area contributed by atoms with Crippen LogP contribution in [0, 0.1) is 0 Å². The summed E-state index contributed by atoms with van der Waals surface area (Å²) in [5.74, 6) is 2.18. The van der Waals surface area contributed by atoms with Crippen molar-refractivity contribution in [2.75, 3.05) is 13.2 Å². The number of unbranched alkanes of at least 4 members (excludes halogenated alkanes) is 1. The molecule has 1 atom stereocenters. The van der Waals surface area contributed by atoms with Gasteiger partial charge in [-0.25, -0.2) is 4.98 Å². The fourth-order valence-electron chi connectivity index (χ4n) is 3.15. The van der Waals surface area contributed by atoms with Crippen LogP contribution in [0.25, 0.3) is 11.0 Å². The molecule has 4 heteroatoms. The van der Waals surface area contributed by atoms with Crippen molar-refractivity contribution in [1.82, 2.24) is 9.55 Å². The first-order chi connectivity index (χ1) is 12.2. The second kappa shape index (κ2) is 8.17. The Hall–Kier alpha value is -2.33. The monoisotopic (exact) mass is 337 g/mol. The number of benzene rings is 2. The highest BCUT2D eigenvalue weighted by molar-refractivity contribution is 5.75. The number of hydrogen-bond acceptors (Lipinski definition) is 3. The van der Waals surface area contributed by atoms with E-state index in [1.165, 1.54) is 5.56 Å². The number of hydrogen-bond donors (Lipinski definition) is 1. The summed E-state index contributed by atoms with van der Waals surface area (Å²) >= 11 is 0. The van der Waals surface area contributed by atoms with Crippen LogP contribution in [0.15, 0.2) is 48.5 Å². The minimum Gasteiger partial charge on any atom is -0.494 e. The number of para-hydroxylation sites is 2. The van der Waals surface area contributed by atoms with Crippen molar-refractivity contribution in [3.8, 4) is 5.75 Å². The largest absolute Gasteiger partial charge is 0.494 e. The van der Waals surface area contributed by atoms with Crippen molar-refractivity contribution in [3.05, 3.63) is 59.9 Å². The van der Waals surface area contributed by atoms with Crippen molar-refractivity contribution < 1.29 is 4.74 Å². The highest BCUT2D eigenvalue weighted by Gasteiger charge is 2.18. The molecule has 1 aromatic heterocycles. The van der Waals surface area contributed by atoms with Gasteiger partial charge in [0.25, 0.3) is 0 Å². The van der Waals surface area contributed by atoms with Gasteiger partial charge in [0, 0.05) is 19.5 Å². The van der Waals surface area contributed by atoms with Gasteiger partial charge in [0.15, 0.2) is 0 Å². The number of aryl methyl sites for hydroxylation is 1. The Kier molecular flexibility index (Phi) is 5.71. The van der Waals surface area contributed by atoms with Crippen molar-refractivity contribution in [1.29, 1.82) is 0 Å². The van der Waals surface area contributed by atoms with Crippen molar-refractivity contribution in [3.63, 3.8) is 0 Å². The van der Waals surface area contributed by atoms with Crippen LogP contribution >= 0.6 is 0 Å². The highest BCUT2D eigenvalue weighted by Crippen LogP contribution is 2.24. The van der Waals surface area contributed by atoms with Crippen LogP contribution in [-0.4, -0.2) is 22.7 Å². The first-order valence-corrected chi connectivity index (χ1v) is 9.06. The molecule has 1 unspecified atom stereocenters. The lowest BCUT2D eigenvalue weighted by Crippen LogP contribution is -2.18. The molecule has 0 radical (unpaired) electrons. The lowest BCUT2D eigenvalue weighted by atomic mass is 9.98. The Morgan fingerprint density at radius 1 is 1.12 bits per heavy atom. The normalized spacial score (nSPS) is 12.4. The molecule has 1 heterocycles. The van der Waals surface area contributed by atoms with Gasteiger partial charge in [-0.2, -0.15) is 0 Å². The molecule has 0 aliphatic carbocycles. The predicted octanol–water partition coefficient (Wildman–Crippen LogP) is 4.04. The number of aromatic nitrogens is 2. The Morgan fingerprint density at radius 2 is 1.88 bits per heavy atom. The van der Waals surface area contributed by atoms with Crippen LogP contribution in [0.2, 0.25) is 0 Å². The molecule has 0 bridgehead atoms. The summed E-state index contributed by atoms with van der Waals surface area (Å²) in [5, 5.41) is 0. The van der Waals surface area contributed by atoms with Gasteiger partial charge < -0.3 is 15.0 Å². The first-order valence-electron chi connectivity index (χ1n) is 9.06. The van der Waals surface area contributed by atoms with Crippen LogP contribution in [-0.2, 0) is 13.5 Å². The third-order valence-electron chi connectivity index (χ3n) is 4.64. The van der Waals surface area contributed by atoms with Crippen LogP contribution in [0.3, 0.4) is 0 Å². The van der Waals surface area contributed by atoms with Gasteiger partial charge in [0.2, 0.25) is 0 Å². The summed E-state index contributed by atoms with van der Waals surface area (Å²) < 4.78 is 7.90. The topological polar surface area (TPSA) is 53.1 Å². The molecule has 0 amide bonds. The summed E-state index contributed by atoms with van der Waals surface area (Å²) in [6.07, 6.45) is 3.11. The third-order valence-corrected chi connectivity index (χ3v) is 4.64. The molecular formula is C21H27N3O. The summed E-state index contributed by atoms with van der Waals surface area (Å²) in [6.45, 7) is 3.52. The van der Waals surface area contributed by atoms with Gasteiger partial charge in [-0.3, -0.25) is 0 Å². The second-order valence-corrected chi connectivity index (χ2v) is 6.50. The van der Waals surface area contributed by atoms with Gasteiger partial charge >= 0.3 is 0 Å². The minimum atomic E-state index is 0.198. The van der Waals surface area contributed by atoms with Gasteiger partial charge in [0.05, 0.1) is 17.6 Å². The summed E-state index contributed by atoms with van der Waals surface area (Å²) in [7, 11) is 2.07. The molecular weight excluding hydrogens is 310 g/mol. The van der Waals surface area contributed by atoms with Crippen LogP contribution in [0.4, 0.5) is 0 Å². The summed E-state index contributed by atoms with van der Waals surface area (Å²) in [5.41, 5.74) is 9.51. The number of rotatable bonds is 8. The van der Waals surface area contributed by atoms with E-state index in [-0.39, 0.29) is 5.92 Å². The maximum absolute atomic E-state index is 6.08. The molecule has 2 N–H and O–H groups in total. The van der Waals surface area contributed by atoms with E-state index in [9.17, 15) is 0 Å². The lowest BCUT2D eigenvalue weighted by Gasteiger charge is -2.15. The molecule has 25 heavy (non-hydrogen) atoms. The fourth-order valence-corrected chi connectivity index (χ4v) is 3.15. The van der Waals surface area contributed by atoms with E-state index in [2.05, 4.69) is 42.8 Å². The second-order valence-electron chi connectivity index (χ2n) is 6.50. The maximum Gasteiger partial charge on any atom is 0.119 e. The zero-order valence-electron chi connectivity index (χ0n) is 15.1. The van der Waals surface area contributed by atoms with Gasteiger partial charge in [-0.1, -0.05) is 37.6 Å². The Labute approximate surface area is 149 Å². The molecule has 4 nitrogen and oxygen atoms in total.